The highest BCUT2D eigenvalue weighted by molar-refractivity contribution is 6.42. The van der Waals surface area contributed by atoms with Crippen molar-refractivity contribution in [1.29, 1.82) is 0 Å². The number of para-hydroxylation sites is 1. The van der Waals surface area contributed by atoms with Gasteiger partial charge < -0.3 is 9.64 Å². The first-order valence-electron chi connectivity index (χ1n) is 11.5. The second kappa shape index (κ2) is 12.2. The van der Waals surface area contributed by atoms with Crippen LogP contribution in [-0.2, 0) is 22.7 Å². The molecule has 3 atom stereocenters. The highest BCUT2D eigenvalue weighted by Crippen LogP contribution is 2.30. The van der Waals surface area contributed by atoms with Gasteiger partial charge in [0.1, 0.15) is 12.1 Å². The normalized spacial score (nSPS) is 18.9. The third-order valence-electron chi connectivity index (χ3n) is 6.08. The Balaban J connectivity index is 1.54. The number of carbonyl (C=O) groups excluding carboxylic acids is 1. The second-order valence-electron chi connectivity index (χ2n) is 8.49. The number of piperazine rings is 1. The third-order valence-corrected chi connectivity index (χ3v) is 7.13. The van der Waals surface area contributed by atoms with Gasteiger partial charge in [-0.1, -0.05) is 83.3 Å². The van der Waals surface area contributed by atoms with E-state index in [0.29, 0.717) is 34.7 Å². The zero-order chi connectivity index (χ0) is 24.8. The third kappa shape index (κ3) is 6.56. The highest BCUT2D eigenvalue weighted by atomic mass is 35.5. The molecule has 8 heteroatoms. The van der Waals surface area contributed by atoms with Gasteiger partial charge in [0.25, 0.3) is 0 Å². The molecule has 5 nitrogen and oxygen atoms in total. The molecule has 4 rings (SSSR count). The molecule has 3 unspecified atom stereocenters. The van der Waals surface area contributed by atoms with E-state index in [2.05, 4.69) is 27.7 Å². The maximum atomic E-state index is 13.8. The number of carbonyl (C=O) groups is 1. The summed E-state index contributed by atoms with van der Waals surface area (Å²) >= 11 is 18.7. The van der Waals surface area contributed by atoms with E-state index in [4.69, 9.17) is 39.5 Å². The number of halogens is 3. The summed E-state index contributed by atoms with van der Waals surface area (Å²) in [6.07, 6.45) is -0.941. The molecule has 0 aromatic heterocycles. The fraction of sp³-hybridized carbons (Fsp3) is 0.296. The number of benzene rings is 3. The Bertz CT molecular complexity index is 1150. The maximum Gasteiger partial charge on any atom is 0.186 e. The number of nitrogens with one attached hydrogen (secondary N) is 2. The molecule has 1 saturated heterocycles. The molecule has 0 bridgehead atoms. The zero-order valence-electron chi connectivity index (χ0n) is 19.4. The standard InChI is InChI=1S/C27H28Cl3N3O2/c1-18(35-17-20-11-12-21(28)23(30)15-20)26(34)25-27(32-16-19-7-3-2-4-8-19)31-13-14-33(25)24-10-6-5-9-22(24)29/h2-12,15,18,25,27,31-32H,13-14,16-17H2,1H3. The summed E-state index contributed by atoms with van der Waals surface area (Å²) in [4.78, 5) is 15.9. The van der Waals surface area contributed by atoms with Crippen LogP contribution in [0.3, 0.4) is 0 Å². The number of ether oxygens (including phenoxy) is 1. The van der Waals surface area contributed by atoms with Crippen LogP contribution in [0.1, 0.15) is 18.1 Å². The van der Waals surface area contributed by atoms with Gasteiger partial charge in [-0.2, -0.15) is 0 Å². The van der Waals surface area contributed by atoms with E-state index in [-0.39, 0.29) is 18.6 Å². The minimum absolute atomic E-state index is 0.0391. The van der Waals surface area contributed by atoms with E-state index >= 15 is 0 Å². The lowest BCUT2D eigenvalue weighted by atomic mass is 9.99. The lowest BCUT2D eigenvalue weighted by molar-refractivity contribution is -0.132. The van der Waals surface area contributed by atoms with Crippen LogP contribution in [0.15, 0.2) is 72.8 Å². The smallest absolute Gasteiger partial charge is 0.186 e. The van der Waals surface area contributed by atoms with Crippen LogP contribution in [0, 0.1) is 0 Å². The van der Waals surface area contributed by atoms with Crippen LogP contribution in [0.5, 0.6) is 0 Å². The molecule has 1 fully saturated rings. The molecule has 1 aliphatic heterocycles. The fourth-order valence-electron chi connectivity index (χ4n) is 4.22. The Morgan fingerprint density at radius 1 is 1.00 bits per heavy atom. The van der Waals surface area contributed by atoms with Gasteiger partial charge >= 0.3 is 0 Å². The van der Waals surface area contributed by atoms with Crippen LogP contribution in [0.25, 0.3) is 0 Å². The first-order chi connectivity index (χ1) is 16.9. The number of ketones is 1. The summed E-state index contributed by atoms with van der Waals surface area (Å²) in [6, 6.07) is 22.5. The van der Waals surface area contributed by atoms with E-state index in [9.17, 15) is 4.79 Å². The predicted molar refractivity (Wildman–Crippen MR) is 143 cm³/mol. The van der Waals surface area contributed by atoms with Gasteiger partial charge in [-0.3, -0.25) is 15.4 Å². The summed E-state index contributed by atoms with van der Waals surface area (Å²) in [5.41, 5.74) is 2.82. The number of hydrogen-bond acceptors (Lipinski definition) is 5. The molecule has 35 heavy (non-hydrogen) atoms. The van der Waals surface area contributed by atoms with Crippen molar-refractivity contribution in [2.45, 2.75) is 38.4 Å². The fourth-order valence-corrected chi connectivity index (χ4v) is 4.79. The molecule has 2 N–H and O–H groups in total. The quantitative estimate of drug-likeness (QED) is 0.369. The van der Waals surface area contributed by atoms with Crippen LogP contribution >= 0.6 is 34.8 Å². The molecule has 184 valence electrons. The second-order valence-corrected chi connectivity index (χ2v) is 9.71. The van der Waals surface area contributed by atoms with Gasteiger partial charge in [-0.15, -0.1) is 0 Å². The van der Waals surface area contributed by atoms with Gasteiger partial charge in [0.2, 0.25) is 0 Å². The Morgan fingerprint density at radius 3 is 2.49 bits per heavy atom. The molecule has 0 spiro atoms. The van der Waals surface area contributed by atoms with Crippen molar-refractivity contribution < 1.29 is 9.53 Å². The van der Waals surface area contributed by atoms with E-state index in [1.54, 1.807) is 19.1 Å². The average Bonchev–Trinajstić information content (AvgIpc) is 2.88. The molecule has 3 aromatic rings. The highest BCUT2D eigenvalue weighted by Gasteiger charge is 2.39. The summed E-state index contributed by atoms with van der Waals surface area (Å²) < 4.78 is 6.00. The van der Waals surface area contributed by atoms with Gasteiger partial charge in [0.15, 0.2) is 5.78 Å². The van der Waals surface area contributed by atoms with Crippen molar-refractivity contribution in [1.82, 2.24) is 10.6 Å². The molecule has 1 heterocycles. The molecule has 3 aromatic carbocycles. The number of rotatable bonds is 9. The number of nitrogens with zero attached hydrogens (tertiary/aromatic N) is 1. The van der Waals surface area contributed by atoms with Crippen molar-refractivity contribution in [2.75, 3.05) is 18.0 Å². The summed E-state index contributed by atoms with van der Waals surface area (Å²) in [5.74, 6) is -0.0391. The summed E-state index contributed by atoms with van der Waals surface area (Å²) in [7, 11) is 0. The largest absolute Gasteiger partial charge is 0.366 e. The summed E-state index contributed by atoms with van der Waals surface area (Å²) in [6.45, 7) is 4.01. The Hall–Kier alpha value is -2.12. The van der Waals surface area contributed by atoms with E-state index in [1.165, 1.54) is 0 Å². The van der Waals surface area contributed by atoms with Gasteiger partial charge in [-0.25, -0.2) is 0 Å². The van der Waals surface area contributed by atoms with Crippen molar-refractivity contribution in [3.05, 3.63) is 99.0 Å². The van der Waals surface area contributed by atoms with Crippen molar-refractivity contribution >= 4 is 46.3 Å². The Labute approximate surface area is 221 Å². The Morgan fingerprint density at radius 2 is 1.74 bits per heavy atom. The molecule has 0 amide bonds. The minimum atomic E-state index is -0.652. The Kier molecular flexibility index (Phi) is 9.06. The SMILES string of the molecule is CC(OCc1ccc(Cl)c(Cl)c1)C(=O)C1C(NCc2ccccc2)NCCN1c1ccccc1Cl. The minimum Gasteiger partial charge on any atom is -0.366 e. The predicted octanol–water partition coefficient (Wildman–Crippen LogP) is 5.72. The number of hydrogen-bond donors (Lipinski definition) is 2. The van der Waals surface area contributed by atoms with Crippen molar-refractivity contribution in [3.63, 3.8) is 0 Å². The van der Waals surface area contributed by atoms with Gasteiger partial charge in [0.05, 0.1) is 33.5 Å². The van der Waals surface area contributed by atoms with E-state index in [0.717, 1.165) is 16.8 Å². The lowest BCUT2D eigenvalue weighted by Gasteiger charge is -2.43. The van der Waals surface area contributed by atoms with Crippen LogP contribution in [0.2, 0.25) is 15.1 Å². The first-order valence-corrected chi connectivity index (χ1v) is 12.7. The molecule has 0 saturated carbocycles. The molecular weight excluding hydrogens is 505 g/mol. The summed E-state index contributed by atoms with van der Waals surface area (Å²) in [5, 5.41) is 8.55. The van der Waals surface area contributed by atoms with Crippen LogP contribution in [-0.4, -0.2) is 37.2 Å². The average molecular weight is 533 g/mol. The van der Waals surface area contributed by atoms with Crippen molar-refractivity contribution in [2.24, 2.45) is 0 Å². The number of Topliss-reactive ketones (excluding diaryl/α,β-unsaturated/α-hetero) is 1. The van der Waals surface area contributed by atoms with Gasteiger partial charge in [0, 0.05) is 19.6 Å². The van der Waals surface area contributed by atoms with Gasteiger partial charge in [-0.05, 0) is 42.3 Å². The van der Waals surface area contributed by atoms with E-state index in [1.807, 2.05) is 48.5 Å². The topological polar surface area (TPSA) is 53.6 Å². The van der Waals surface area contributed by atoms with E-state index < -0.39 is 12.1 Å². The first kappa shape index (κ1) is 26.0. The van der Waals surface area contributed by atoms with Crippen LogP contribution < -0.4 is 15.5 Å². The maximum absolute atomic E-state index is 13.8. The monoisotopic (exact) mass is 531 g/mol. The van der Waals surface area contributed by atoms with Crippen LogP contribution in [0.4, 0.5) is 5.69 Å². The molecule has 0 radical (unpaired) electrons. The number of anilines is 1. The molecular formula is C27H28Cl3N3O2. The lowest BCUT2D eigenvalue weighted by Crippen LogP contribution is -2.67. The molecule has 1 aliphatic rings. The molecule has 0 aliphatic carbocycles. The van der Waals surface area contributed by atoms with Crippen molar-refractivity contribution in [3.8, 4) is 0 Å². The zero-order valence-corrected chi connectivity index (χ0v) is 21.7.